The van der Waals surface area contributed by atoms with Crippen molar-refractivity contribution in [2.24, 2.45) is 11.8 Å². The van der Waals surface area contributed by atoms with Gasteiger partial charge in [0.1, 0.15) is 0 Å². The SMILES string of the molecule is C[C@H]1CCC[C@H](CCI)C1. The highest BCUT2D eigenvalue weighted by Gasteiger charge is 2.17. The molecule has 0 aromatic rings. The van der Waals surface area contributed by atoms with Crippen LogP contribution in [0.2, 0.25) is 0 Å². The third-order valence-electron chi connectivity index (χ3n) is 2.56. The third kappa shape index (κ3) is 2.77. The number of hydrogen-bond donors (Lipinski definition) is 0. The van der Waals surface area contributed by atoms with Crippen molar-refractivity contribution in [1.82, 2.24) is 0 Å². The molecule has 1 aliphatic rings. The maximum absolute atomic E-state index is 2.50. The first kappa shape index (κ1) is 8.82. The molecule has 0 amide bonds. The second-order valence-corrected chi connectivity index (χ2v) is 4.69. The Balaban J connectivity index is 2.18. The Kier molecular flexibility index (Phi) is 4.04. The van der Waals surface area contributed by atoms with E-state index in [1.165, 1.54) is 36.5 Å². The summed E-state index contributed by atoms with van der Waals surface area (Å²) in [5.74, 6) is 2.09. The van der Waals surface area contributed by atoms with E-state index in [0.29, 0.717) is 0 Å². The van der Waals surface area contributed by atoms with Crippen LogP contribution in [0.4, 0.5) is 0 Å². The average molecular weight is 252 g/mol. The minimum absolute atomic E-state index is 1.02. The molecule has 0 N–H and O–H groups in total. The summed E-state index contributed by atoms with van der Waals surface area (Å²) in [6.07, 6.45) is 7.45. The van der Waals surface area contributed by atoms with Gasteiger partial charge in [-0.3, -0.25) is 0 Å². The van der Waals surface area contributed by atoms with Gasteiger partial charge in [0.15, 0.2) is 0 Å². The van der Waals surface area contributed by atoms with Gasteiger partial charge in [-0.25, -0.2) is 0 Å². The van der Waals surface area contributed by atoms with Crippen LogP contribution in [0.15, 0.2) is 0 Å². The van der Waals surface area contributed by atoms with Gasteiger partial charge in [0.25, 0.3) is 0 Å². The van der Waals surface area contributed by atoms with Crippen LogP contribution >= 0.6 is 22.6 Å². The first-order valence-electron chi connectivity index (χ1n) is 4.39. The van der Waals surface area contributed by atoms with Gasteiger partial charge < -0.3 is 0 Å². The number of halogens is 1. The van der Waals surface area contributed by atoms with Gasteiger partial charge in [-0.15, -0.1) is 0 Å². The van der Waals surface area contributed by atoms with Crippen molar-refractivity contribution >= 4 is 22.6 Å². The molecular formula is C9H17I. The lowest BCUT2D eigenvalue weighted by atomic mass is 9.81. The minimum Gasteiger partial charge on any atom is -0.0864 e. The minimum atomic E-state index is 1.02. The first-order valence-corrected chi connectivity index (χ1v) is 5.91. The second-order valence-electron chi connectivity index (χ2n) is 3.62. The summed E-state index contributed by atoms with van der Waals surface area (Å²) in [5, 5.41) is 0. The van der Waals surface area contributed by atoms with E-state index >= 15 is 0 Å². The lowest BCUT2D eigenvalue weighted by molar-refractivity contribution is 0.279. The zero-order valence-electron chi connectivity index (χ0n) is 6.78. The Hall–Kier alpha value is 0.730. The molecular weight excluding hydrogens is 235 g/mol. The molecule has 0 spiro atoms. The average Bonchev–Trinajstić information content (AvgIpc) is 1.88. The summed E-state index contributed by atoms with van der Waals surface area (Å²) in [4.78, 5) is 0. The van der Waals surface area contributed by atoms with Crippen molar-refractivity contribution in [3.05, 3.63) is 0 Å². The summed E-state index contributed by atoms with van der Waals surface area (Å²) < 4.78 is 1.36. The van der Waals surface area contributed by atoms with E-state index in [-0.39, 0.29) is 0 Å². The van der Waals surface area contributed by atoms with Gasteiger partial charge in [0.2, 0.25) is 0 Å². The van der Waals surface area contributed by atoms with Gasteiger partial charge in [-0.1, -0.05) is 48.8 Å². The van der Waals surface area contributed by atoms with E-state index in [2.05, 4.69) is 29.5 Å². The molecule has 0 bridgehead atoms. The van der Waals surface area contributed by atoms with Crippen LogP contribution in [0.25, 0.3) is 0 Å². The van der Waals surface area contributed by atoms with Gasteiger partial charge in [-0.2, -0.15) is 0 Å². The molecule has 10 heavy (non-hydrogen) atoms. The summed E-state index contributed by atoms with van der Waals surface area (Å²) >= 11 is 2.50. The van der Waals surface area contributed by atoms with E-state index < -0.39 is 0 Å². The lowest BCUT2D eigenvalue weighted by Gasteiger charge is -2.25. The van der Waals surface area contributed by atoms with Crippen LogP contribution in [0.5, 0.6) is 0 Å². The lowest BCUT2D eigenvalue weighted by Crippen LogP contribution is -2.13. The van der Waals surface area contributed by atoms with Gasteiger partial charge >= 0.3 is 0 Å². The topological polar surface area (TPSA) is 0 Å². The zero-order valence-corrected chi connectivity index (χ0v) is 8.93. The molecule has 0 aromatic heterocycles. The molecule has 0 aromatic carbocycles. The molecule has 60 valence electrons. The molecule has 1 fully saturated rings. The third-order valence-corrected chi connectivity index (χ3v) is 3.19. The summed E-state index contributed by atoms with van der Waals surface area (Å²) in [6.45, 7) is 2.40. The Bertz CT molecular complexity index is 88.7. The Labute approximate surface area is 77.9 Å². The van der Waals surface area contributed by atoms with E-state index in [1.54, 1.807) is 0 Å². The zero-order chi connectivity index (χ0) is 7.40. The van der Waals surface area contributed by atoms with Crippen molar-refractivity contribution < 1.29 is 0 Å². The molecule has 0 aliphatic heterocycles. The van der Waals surface area contributed by atoms with Crippen molar-refractivity contribution in [1.29, 1.82) is 0 Å². The molecule has 1 heteroatoms. The quantitative estimate of drug-likeness (QED) is 0.520. The van der Waals surface area contributed by atoms with Crippen LogP contribution < -0.4 is 0 Å². The Morgan fingerprint density at radius 3 is 2.80 bits per heavy atom. The fourth-order valence-corrected chi connectivity index (χ4v) is 2.86. The normalized spacial score (nSPS) is 34.2. The van der Waals surface area contributed by atoms with E-state index in [0.717, 1.165) is 11.8 Å². The fourth-order valence-electron chi connectivity index (χ4n) is 1.98. The molecule has 0 nitrogen and oxygen atoms in total. The predicted octanol–water partition coefficient (Wildman–Crippen LogP) is 3.64. The van der Waals surface area contributed by atoms with E-state index in [1.807, 2.05) is 0 Å². The van der Waals surface area contributed by atoms with Crippen LogP contribution in [0.1, 0.15) is 39.0 Å². The monoisotopic (exact) mass is 252 g/mol. The van der Waals surface area contributed by atoms with E-state index in [4.69, 9.17) is 0 Å². The van der Waals surface area contributed by atoms with Crippen molar-refractivity contribution in [3.63, 3.8) is 0 Å². The second kappa shape index (κ2) is 4.58. The maximum Gasteiger partial charge on any atom is -0.000209 e. The van der Waals surface area contributed by atoms with Gasteiger partial charge in [0, 0.05) is 0 Å². The molecule has 1 saturated carbocycles. The summed E-state index contributed by atoms with van der Waals surface area (Å²) in [6, 6.07) is 0. The Morgan fingerprint density at radius 1 is 1.40 bits per heavy atom. The van der Waals surface area contributed by atoms with Gasteiger partial charge in [0.05, 0.1) is 0 Å². The fraction of sp³-hybridized carbons (Fsp3) is 1.00. The largest absolute Gasteiger partial charge is 0.0864 e. The number of alkyl halides is 1. The Morgan fingerprint density at radius 2 is 2.20 bits per heavy atom. The van der Waals surface area contributed by atoms with E-state index in [9.17, 15) is 0 Å². The number of hydrogen-bond acceptors (Lipinski definition) is 0. The first-order chi connectivity index (χ1) is 4.83. The van der Waals surface area contributed by atoms with Gasteiger partial charge in [-0.05, 0) is 29.1 Å². The highest BCUT2D eigenvalue weighted by atomic mass is 127. The van der Waals surface area contributed by atoms with Crippen LogP contribution in [0.3, 0.4) is 0 Å². The van der Waals surface area contributed by atoms with Crippen molar-refractivity contribution in [2.75, 3.05) is 4.43 Å². The molecule has 0 saturated heterocycles. The molecule has 0 radical (unpaired) electrons. The molecule has 2 atom stereocenters. The van der Waals surface area contributed by atoms with Crippen LogP contribution in [-0.2, 0) is 0 Å². The van der Waals surface area contributed by atoms with Crippen LogP contribution in [-0.4, -0.2) is 4.43 Å². The standard InChI is InChI=1S/C9H17I/c1-8-3-2-4-9(7-8)5-6-10/h8-9H,2-7H2,1H3/t8-,9+/m0/s1. The predicted molar refractivity (Wildman–Crippen MR) is 54.6 cm³/mol. The molecule has 0 unspecified atom stereocenters. The van der Waals surface area contributed by atoms with Crippen molar-refractivity contribution in [3.8, 4) is 0 Å². The van der Waals surface area contributed by atoms with Crippen molar-refractivity contribution in [2.45, 2.75) is 39.0 Å². The molecule has 1 rings (SSSR count). The molecule has 0 heterocycles. The highest BCUT2D eigenvalue weighted by molar-refractivity contribution is 14.1. The summed E-state index contributed by atoms with van der Waals surface area (Å²) in [7, 11) is 0. The number of rotatable bonds is 2. The summed E-state index contributed by atoms with van der Waals surface area (Å²) in [5.41, 5.74) is 0. The van der Waals surface area contributed by atoms with Crippen LogP contribution in [0, 0.1) is 11.8 Å². The highest BCUT2D eigenvalue weighted by Crippen LogP contribution is 2.30. The maximum atomic E-state index is 2.50. The molecule has 1 aliphatic carbocycles. The smallest absolute Gasteiger partial charge is 0.000209 e.